The summed E-state index contributed by atoms with van der Waals surface area (Å²) >= 11 is -5.81. The van der Waals surface area contributed by atoms with E-state index in [1.54, 1.807) is 20.8 Å². The maximum absolute atomic E-state index is 12.4. The van der Waals surface area contributed by atoms with Crippen LogP contribution in [0, 0.1) is 0 Å². The van der Waals surface area contributed by atoms with Crippen molar-refractivity contribution in [2.45, 2.75) is 67.9 Å². The molecule has 0 aromatic rings. The van der Waals surface area contributed by atoms with Crippen molar-refractivity contribution in [1.82, 2.24) is 9.91 Å². The zero-order valence-corrected chi connectivity index (χ0v) is 20.4. The molecule has 0 bridgehead atoms. The molecule has 6 amide bonds. The third kappa shape index (κ3) is 5.47. The summed E-state index contributed by atoms with van der Waals surface area (Å²) in [6, 6.07) is 0. The molecule has 0 aromatic carbocycles. The number of amides is 6. The number of hydrogen-bond donors (Lipinski definition) is 0. The van der Waals surface area contributed by atoms with Crippen molar-refractivity contribution in [3.63, 3.8) is 0 Å². The summed E-state index contributed by atoms with van der Waals surface area (Å²) in [5.41, 5.74) is -0.978. The first-order valence-corrected chi connectivity index (χ1v) is 13.8. The standard InChI is InChI=1S/3C4H7NO2.C4H9N.Ta/c3*1-3(6)5-4(2)7;1-4(2,3)5;/h3*1-2H3,(H,5,6,7);1-3H3;/q;;;;+3/p-3. The molecule has 11 heteroatoms. The van der Waals surface area contributed by atoms with Crippen molar-refractivity contribution in [2.24, 2.45) is 3.34 Å². The Morgan fingerprint density at radius 2 is 0.741 bits per heavy atom. The van der Waals surface area contributed by atoms with E-state index in [0.29, 0.717) is 9.91 Å². The molecule has 0 aliphatic rings. The molecule has 0 saturated carbocycles. The van der Waals surface area contributed by atoms with E-state index in [9.17, 15) is 28.8 Å². The van der Waals surface area contributed by atoms with Gasteiger partial charge in [-0.3, -0.25) is 0 Å². The van der Waals surface area contributed by atoms with Crippen LogP contribution in [0.4, 0.5) is 0 Å². The van der Waals surface area contributed by atoms with Gasteiger partial charge in [0.05, 0.1) is 0 Å². The van der Waals surface area contributed by atoms with Gasteiger partial charge in [-0.2, -0.15) is 0 Å². The Kier molecular flexibility index (Phi) is 8.10. The summed E-state index contributed by atoms with van der Waals surface area (Å²) in [5, 5.41) is 0. The van der Waals surface area contributed by atoms with Gasteiger partial charge in [-0.05, 0) is 0 Å². The molecule has 0 aliphatic heterocycles. The van der Waals surface area contributed by atoms with Gasteiger partial charge in [0, 0.05) is 0 Å². The van der Waals surface area contributed by atoms with Crippen molar-refractivity contribution in [3.8, 4) is 0 Å². The number of carbonyl (C=O) groups excluding carboxylic acids is 6. The minimum atomic E-state index is -5.81. The van der Waals surface area contributed by atoms with Crippen LogP contribution in [0.2, 0.25) is 0 Å². The fourth-order valence-electron chi connectivity index (χ4n) is 2.60. The van der Waals surface area contributed by atoms with E-state index in [-0.39, 0.29) is 0 Å². The van der Waals surface area contributed by atoms with Crippen LogP contribution in [0.15, 0.2) is 3.34 Å². The molecule has 10 nitrogen and oxygen atoms in total. The van der Waals surface area contributed by atoms with Crippen LogP contribution in [0.25, 0.3) is 0 Å². The molecule has 0 rings (SSSR count). The van der Waals surface area contributed by atoms with Gasteiger partial charge in [0.15, 0.2) is 0 Å². The average Bonchev–Trinajstić information content (AvgIpc) is 2.32. The molecule has 0 spiro atoms. The summed E-state index contributed by atoms with van der Waals surface area (Å²) in [7, 11) is 0. The van der Waals surface area contributed by atoms with Crippen LogP contribution in [0.1, 0.15) is 62.3 Å². The molecule has 0 atom stereocenters. The summed E-state index contributed by atoms with van der Waals surface area (Å²) < 4.78 is 6.57. The molecule has 0 heterocycles. The second-order valence-corrected chi connectivity index (χ2v) is 15.7. The number of carbonyl (C=O) groups is 6. The summed E-state index contributed by atoms with van der Waals surface area (Å²) in [5.74, 6) is -4.87. The van der Waals surface area contributed by atoms with Crippen LogP contribution in [-0.2, 0) is 46.5 Å². The first-order valence-electron chi connectivity index (χ1n) is 8.09. The van der Waals surface area contributed by atoms with Crippen LogP contribution >= 0.6 is 0 Å². The molecule has 0 N–H and O–H groups in total. The maximum atomic E-state index is 12.4. The van der Waals surface area contributed by atoms with Gasteiger partial charge in [0.2, 0.25) is 0 Å². The zero-order chi connectivity index (χ0) is 21.9. The fourth-order valence-corrected chi connectivity index (χ4v) is 16.5. The Hall–Kier alpha value is -2.04. The zero-order valence-electron chi connectivity index (χ0n) is 17.2. The molecule has 0 aliphatic carbocycles. The molecule has 0 fully saturated rings. The van der Waals surface area contributed by atoms with Crippen LogP contribution < -0.4 is 0 Å². The van der Waals surface area contributed by atoms with E-state index in [1.165, 1.54) is 0 Å². The number of imide groups is 3. The van der Waals surface area contributed by atoms with Crippen molar-refractivity contribution in [1.29, 1.82) is 0 Å². The van der Waals surface area contributed by atoms with Crippen molar-refractivity contribution < 1.29 is 46.5 Å². The molecular weight excluding hydrogens is 525 g/mol. The number of rotatable bonds is 3. The Morgan fingerprint density at radius 3 is 0.852 bits per heavy atom. The quantitative estimate of drug-likeness (QED) is 0.516. The number of hydrogen-bond acceptors (Lipinski definition) is 7. The first kappa shape index (κ1) is 25.0. The Labute approximate surface area is 163 Å². The summed E-state index contributed by atoms with van der Waals surface area (Å²) in [4.78, 5) is 74.5. The predicted molar refractivity (Wildman–Crippen MR) is 91.8 cm³/mol. The van der Waals surface area contributed by atoms with Gasteiger partial charge in [0.1, 0.15) is 0 Å². The van der Waals surface area contributed by atoms with Gasteiger partial charge in [-0.25, -0.2) is 0 Å². The summed E-state index contributed by atoms with van der Waals surface area (Å²) in [6.07, 6.45) is 0. The minimum absolute atomic E-state index is 0.677. The van der Waals surface area contributed by atoms with Gasteiger partial charge in [0.25, 0.3) is 0 Å². The first-order chi connectivity index (χ1) is 12.0. The number of nitrogens with zero attached hydrogens (tertiary/aromatic N) is 4. The van der Waals surface area contributed by atoms with E-state index in [2.05, 4.69) is 3.34 Å². The van der Waals surface area contributed by atoms with E-state index >= 15 is 0 Å². The van der Waals surface area contributed by atoms with E-state index in [4.69, 9.17) is 0 Å². The Balaban J connectivity index is 7.85. The third-order valence-electron chi connectivity index (χ3n) is 3.03. The monoisotopic (exact) mass is 552 g/mol. The van der Waals surface area contributed by atoms with E-state index < -0.39 is 58.7 Å². The van der Waals surface area contributed by atoms with Crippen LogP contribution in [0.3, 0.4) is 0 Å². The molecule has 152 valence electrons. The molecule has 0 unspecified atom stereocenters. The Morgan fingerprint density at radius 1 is 0.556 bits per heavy atom. The van der Waals surface area contributed by atoms with Crippen LogP contribution in [-0.4, -0.2) is 50.9 Å². The molecule has 0 aromatic heterocycles. The third-order valence-corrected chi connectivity index (χ3v) is 18.0. The van der Waals surface area contributed by atoms with Crippen LogP contribution in [0.5, 0.6) is 0 Å². The average molecular weight is 552 g/mol. The second-order valence-electron chi connectivity index (χ2n) is 6.86. The summed E-state index contributed by atoms with van der Waals surface area (Å²) in [6.45, 7) is 11.2. The predicted octanol–water partition coefficient (Wildman–Crippen LogP) is 1.05. The van der Waals surface area contributed by atoms with Gasteiger partial charge in [-0.1, -0.05) is 0 Å². The van der Waals surface area contributed by atoms with E-state index in [0.717, 1.165) is 41.5 Å². The Bertz CT molecular complexity index is 625. The second kappa shape index (κ2) is 8.77. The topological polar surface area (TPSA) is 124 Å². The van der Waals surface area contributed by atoms with Crippen molar-refractivity contribution in [2.75, 3.05) is 0 Å². The molecule has 27 heavy (non-hydrogen) atoms. The SMILES string of the molecule is CC(=O)[N](C(C)=O)[Ta](=[N]C(C)(C)C)([N](C(C)=O)C(C)=O)[N](C(C)=O)C(C)=O. The van der Waals surface area contributed by atoms with Gasteiger partial charge >= 0.3 is 163 Å². The molecule has 0 saturated heterocycles. The van der Waals surface area contributed by atoms with Gasteiger partial charge < -0.3 is 0 Å². The normalized spacial score (nSPS) is 11.3. The van der Waals surface area contributed by atoms with E-state index in [1.807, 2.05) is 0 Å². The van der Waals surface area contributed by atoms with Crippen molar-refractivity contribution >= 4 is 35.4 Å². The molecule has 0 radical (unpaired) electrons. The molecular formula is C16H27N4O6Ta. The fraction of sp³-hybridized carbons (Fsp3) is 0.625. The van der Waals surface area contributed by atoms with Gasteiger partial charge in [-0.15, -0.1) is 0 Å². The van der Waals surface area contributed by atoms with Crippen molar-refractivity contribution in [3.05, 3.63) is 0 Å².